The van der Waals surface area contributed by atoms with E-state index in [9.17, 15) is 0 Å². The van der Waals surface area contributed by atoms with Crippen LogP contribution in [0.4, 0.5) is 0 Å². The van der Waals surface area contributed by atoms with E-state index in [1.54, 1.807) is 11.3 Å². The Labute approximate surface area is 138 Å². The summed E-state index contributed by atoms with van der Waals surface area (Å²) in [6.45, 7) is 8.39. The van der Waals surface area contributed by atoms with Gasteiger partial charge in [-0.1, -0.05) is 13.3 Å². The molecule has 2 heterocycles. The van der Waals surface area contributed by atoms with Crippen molar-refractivity contribution in [2.75, 3.05) is 26.7 Å². The predicted octanol–water partition coefficient (Wildman–Crippen LogP) is 2.38. The van der Waals surface area contributed by atoms with Gasteiger partial charge in [0.1, 0.15) is 5.01 Å². The van der Waals surface area contributed by atoms with Gasteiger partial charge in [0.25, 0.3) is 0 Å². The number of aromatic nitrogens is 1. The third-order valence-corrected chi connectivity index (χ3v) is 5.12. The van der Waals surface area contributed by atoms with Gasteiger partial charge in [-0.2, -0.15) is 0 Å². The highest BCUT2D eigenvalue weighted by molar-refractivity contribution is 7.11. The van der Waals surface area contributed by atoms with Crippen molar-refractivity contribution in [2.24, 2.45) is 4.99 Å². The maximum absolute atomic E-state index is 4.36. The van der Waals surface area contributed by atoms with E-state index in [0.29, 0.717) is 0 Å². The van der Waals surface area contributed by atoms with Crippen LogP contribution in [0.3, 0.4) is 0 Å². The first-order valence-corrected chi connectivity index (χ1v) is 9.14. The van der Waals surface area contributed by atoms with Crippen molar-refractivity contribution in [2.45, 2.75) is 52.1 Å². The molecule has 0 aliphatic carbocycles. The van der Waals surface area contributed by atoms with Crippen LogP contribution in [-0.4, -0.2) is 48.6 Å². The lowest BCUT2D eigenvalue weighted by atomic mass is 10.0. The number of hydrogen-bond donors (Lipinski definition) is 2. The number of nitrogens with one attached hydrogen (secondary N) is 2. The average Bonchev–Trinajstić information content (AvgIpc) is 2.96. The summed E-state index contributed by atoms with van der Waals surface area (Å²) >= 11 is 1.73. The molecule has 1 aliphatic rings. The van der Waals surface area contributed by atoms with Gasteiger partial charge >= 0.3 is 0 Å². The lowest BCUT2D eigenvalue weighted by Gasteiger charge is -2.35. The molecule has 1 aliphatic heterocycles. The Kier molecular flexibility index (Phi) is 7.12. The molecule has 22 heavy (non-hydrogen) atoms. The lowest BCUT2D eigenvalue weighted by Crippen LogP contribution is -2.45. The molecule has 6 heteroatoms. The molecule has 0 bridgehead atoms. The number of aliphatic imine (C=N–C) groups is 1. The number of hydrogen-bond acceptors (Lipinski definition) is 4. The van der Waals surface area contributed by atoms with Gasteiger partial charge in [-0.15, -0.1) is 11.3 Å². The number of thiazole rings is 1. The maximum Gasteiger partial charge on any atom is 0.191 e. The Morgan fingerprint density at radius 3 is 3.00 bits per heavy atom. The molecule has 0 radical (unpaired) electrons. The Balaban J connectivity index is 1.69. The largest absolute Gasteiger partial charge is 0.355 e. The third-order valence-electron chi connectivity index (χ3n) is 4.21. The Morgan fingerprint density at radius 2 is 2.32 bits per heavy atom. The summed E-state index contributed by atoms with van der Waals surface area (Å²) in [5, 5.41) is 7.84. The molecule has 1 atom stereocenters. The molecular weight excluding hydrogens is 294 g/mol. The molecule has 5 nitrogen and oxygen atoms in total. The summed E-state index contributed by atoms with van der Waals surface area (Å²) in [6, 6.07) is 0.767. The zero-order valence-corrected chi connectivity index (χ0v) is 14.9. The summed E-state index contributed by atoms with van der Waals surface area (Å²) in [6.07, 6.45) is 7.26. The van der Waals surface area contributed by atoms with Gasteiger partial charge < -0.3 is 10.6 Å². The minimum atomic E-state index is 0.736. The molecule has 0 saturated carbocycles. The maximum atomic E-state index is 4.36. The molecule has 1 fully saturated rings. The minimum Gasteiger partial charge on any atom is -0.355 e. The zero-order chi connectivity index (χ0) is 15.8. The Morgan fingerprint density at radius 1 is 1.45 bits per heavy atom. The van der Waals surface area contributed by atoms with Crippen LogP contribution in [0.2, 0.25) is 0 Å². The average molecular weight is 324 g/mol. The normalized spacial score (nSPS) is 20.1. The Bertz CT molecular complexity index is 471. The van der Waals surface area contributed by atoms with Gasteiger partial charge in [-0.05, 0) is 32.7 Å². The molecule has 0 spiro atoms. The SMILES string of the molecule is CCC1CCCCN1CCNC(=NC)NCc1ncc(C)s1. The van der Waals surface area contributed by atoms with Crippen LogP contribution in [0, 0.1) is 6.92 Å². The minimum absolute atomic E-state index is 0.736. The number of guanidine groups is 1. The molecular formula is C16H29N5S. The van der Waals surface area contributed by atoms with E-state index in [-0.39, 0.29) is 0 Å². The number of piperidine rings is 1. The molecule has 0 aromatic carbocycles. The van der Waals surface area contributed by atoms with E-state index in [1.165, 1.54) is 37.1 Å². The highest BCUT2D eigenvalue weighted by atomic mass is 32.1. The van der Waals surface area contributed by atoms with E-state index in [4.69, 9.17) is 0 Å². The van der Waals surface area contributed by atoms with Gasteiger partial charge in [0.05, 0.1) is 6.54 Å². The fraction of sp³-hybridized carbons (Fsp3) is 0.750. The summed E-state index contributed by atoms with van der Waals surface area (Å²) in [7, 11) is 1.82. The van der Waals surface area contributed by atoms with Crippen molar-refractivity contribution in [3.63, 3.8) is 0 Å². The van der Waals surface area contributed by atoms with Crippen LogP contribution in [0.15, 0.2) is 11.2 Å². The van der Waals surface area contributed by atoms with Crippen molar-refractivity contribution in [1.82, 2.24) is 20.5 Å². The van der Waals surface area contributed by atoms with Crippen molar-refractivity contribution < 1.29 is 0 Å². The van der Waals surface area contributed by atoms with Crippen LogP contribution in [0.25, 0.3) is 0 Å². The fourth-order valence-corrected chi connectivity index (χ4v) is 3.72. The van der Waals surface area contributed by atoms with Crippen molar-refractivity contribution >= 4 is 17.3 Å². The van der Waals surface area contributed by atoms with Crippen LogP contribution in [0.1, 0.15) is 42.5 Å². The van der Waals surface area contributed by atoms with Crippen molar-refractivity contribution in [1.29, 1.82) is 0 Å². The first-order valence-electron chi connectivity index (χ1n) is 8.32. The second-order valence-electron chi connectivity index (χ2n) is 5.81. The second-order valence-corrected chi connectivity index (χ2v) is 7.13. The van der Waals surface area contributed by atoms with Gasteiger partial charge in [0.2, 0.25) is 0 Å². The van der Waals surface area contributed by atoms with E-state index < -0.39 is 0 Å². The van der Waals surface area contributed by atoms with Crippen molar-refractivity contribution in [3.05, 3.63) is 16.1 Å². The molecule has 0 amide bonds. The first kappa shape index (κ1) is 17.2. The van der Waals surface area contributed by atoms with Crippen molar-refractivity contribution in [3.8, 4) is 0 Å². The molecule has 2 N–H and O–H groups in total. The van der Waals surface area contributed by atoms with E-state index in [0.717, 1.165) is 36.6 Å². The van der Waals surface area contributed by atoms with Gasteiger partial charge in [-0.3, -0.25) is 9.89 Å². The van der Waals surface area contributed by atoms with Crippen LogP contribution < -0.4 is 10.6 Å². The zero-order valence-electron chi connectivity index (χ0n) is 14.1. The fourth-order valence-electron chi connectivity index (χ4n) is 3.00. The molecule has 1 aromatic rings. The van der Waals surface area contributed by atoms with Gasteiger partial charge in [-0.25, -0.2) is 4.98 Å². The quantitative estimate of drug-likeness (QED) is 0.623. The number of rotatable bonds is 6. The number of likely N-dealkylation sites (tertiary alicyclic amines) is 1. The third kappa shape index (κ3) is 5.25. The summed E-state index contributed by atoms with van der Waals surface area (Å²) in [5.74, 6) is 0.859. The summed E-state index contributed by atoms with van der Waals surface area (Å²) < 4.78 is 0. The van der Waals surface area contributed by atoms with Crippen LogP contribution in [-0.2, 0) is 6.54 Å². The number of aryl methyl sites for hydroxylation is 1. The monoisotopic (exact) mass is 323 g/mol. The predicted molar refractivity (Wildman–Crippen MR) is 94.6 cm³/mol. The first-order chi connectivity index (χ1) is 10.7. The van der Waals surface area contributed by atoms with E-state index in [2.05, 4.69) is 39.4 Å². The highest BCUT2D eigenvalue weighted by Crippen LogP contribution is 2.18. The van der Waals surface area contributed by atoms with E-state index in [1.807, 2.05) is 13.2 Å². The van der Waals surface area contributed by atoms with E-state index >= 15 is 0 Å². The Hall–Kier alpha value is -1.14. The lowest BCUT2D eigenvalue weighted by molar-refractivity contribution is 0.147. The van der Waals surface area contributed by atoms with Gasteiger partial charge in [0, 0.05) is 37.3 Å². The van der Waals surface area contributed by atoms with Crippen LogP contribution >= 0.6 is 11.3 Å². The summed E-state index contributed by atoms with van der Waals surface area (Å²) in [4.78, 5) is 12.5. The number of nitrogens with zero attached hydrogens (tertiary/aromatic N) is 3. The topological polar surface area (TPSA) is 52.5 Å². The molecule has 2 rings (SSSR count). The molecule has 1 saturated heterocycles. The standard InChI is InChI=1S/C16H29N5S/c1-4-14-7-5-6-9-21(14)10-8-18-16(17-3)20-12-15-19-11-13(2)22-15/h11,14H,4-10,12H2,1-3H3,(H2,17,18,20). The highest BCUT2D eigenvalue weighted by Gasteiger charge is 2.19. The second kappa shape index (κ2) is 9.10. The summed E-state index contributed by atoms with van der Waals surface area (Å²) in [5.41, 5.74) is 0. The van der Waals surface area contributed by atoms with Gasteiger partial charge in [0.15, 0.2) is 5.96 Å². The van der Waals surface area contributed by atoms with Crippen LogP contribution in [0.5, 0.6) is 0 Å². The molecule has 124 valence electrons. The molecule has 1 unspecified atom stereocenters. The smallest absolute Gasteiger partial charge is 0.191 e. The molecule has 1 aromatic heterocycles.